The van der Waals surface area contributed by atoms with Crippen LogP contribution in [0.3, 0.4) is 0 Å². The van der Waals surface area contributed by atoms with Crippen molar-refractivity contribution in [2.24, 2.45) is 0 Å². The maximum atomic E-state index is 13.8. The molecular formula is C16H12FN3O. The van der Waals surface area contributed by atoms with Gasteiger partial charge in [0.25, 0.3) is 5.91 Å². The molecule has 0 aliphatic heterocycles. The zero-order chi connectivity index (χ0) is 14.8. The lowest BCUT2D eigenvalue weighted by molar-refractivity contribution is 0.102. The summed E-state index contributed by atoms with van der Waals surface area (Å²) in [5, 5.41) is 4.58. The first-order valence-corrected chi connectivity index (χ1v) is 6.36. The molecule has 0 atom stereocenters. The molecule has 0 aliphatic carbocycles. The average Bonchev–Trinajstić information content (AvgIpc) is 2.50. The summed E-state index contributed by atoms with van der Waals surface area (Å²) in [5.74, 6) is -1.66. The lowest BCUT2D eigenvalue weighted by atomic mass is 10.1. The van der Waals surface area contributed by atoms with Gasteiger partial charge in [-0.3, -0.25) is 4.79 Å². The standard InChI is InChI=1S/C16H12FN3O/c17-14-12(8-9-19-15(14)18)16(21)20-13-7-3-5-10-4-1-2-6-11(10)13/h1-9H,(H2,18,19)(H,20,21). The Morgan fingerprint density at radius 2 is 1.86 bits per heavy atom. The highest BCUT2D eigenvalue weighted by Gasteiger charge is 2.15. The molecule has 21 heavy (non-hydrogen) atoms. The molecule has 0 saturated carbocycles. The van der Waals surface area contributed by atoms with Crippen LogP contribution in [-0.2, 0) is 0 Å². The van der Waals surface area contributed by atoms with E-state index < -0.39 is 11.7 Å². The van der Waals surface area contributed by atoms with E-state index in [9.17, 15) is 9.18 Å². The largest absolute Gasteiger partial charge is 0.381 e. The molecule has 0 saturated heterocycles. The first kappa shape index (κ1) is 13.1. The summed E-state index contributed by atoms with van der Waals surface area (Å²) in [4.78, 5) is 15.8. The minimum Gasteiger partial charge on any atom is -0.381 e. The SMILES string of the molecule is Nc1nccc(C(=O)Nc2cccc3ccccc23)c1F. The second-order valence-electron chi connectivity index (χ2n) is 4.54. The molecule has 3 rings (SSSR count). The van der Waals surface area contributed by atoms with Gasteiger partial charge in [0.15, 0.2) is 11.6 Å². The molecule has 0 radical (unpaired) electrons. The van der Waals surface area contributed by atoms with Gasteiger partial charge < -0.3 is 11.1 Å². The molecule has 0 bridgehead atoms. The van der Waals surface area contributed by atoms with Crippen LogP contribution in [0, 0.1) is 5.82 Å². The van der Waals surface area contributed by atoms with Gasteiger partial charge in [0, 0.05) is 17.3 Å². The monoisotopic (exact) mass is 281 g/mol. The number of carbonyl (C=O) groups excluding carboxylic acids is 1. The van der Waals surface area contributed by atoms with Gasteiger partial charge in [-0.25, -0.2) is 9.37 Å². The molecule has 0 fully saturated rings. The van der Waals surface area contributed by atoms with Crippen molar-refractivity contribution in [2.45, 2.75) is 0 Å². The van der Waals surface area contributed by atoms with Gasteiger partial charge in [0.05, 0.1) is 5.56 Å². The zero-order valence-corrected chi connectivity index (χ0v) is 11.0. The molecule has 0 aliphatic rings. The number of hydrogen-bond donors (Lipinski definition) is 2. The molecule has 104 valence electrons. The molecule has 0 spiro atoms. The fourth-order valence-corrected chi connectivity index (χ4v) is 2.16. The number of benzene rings is 2. The maximum absolute atomic E-state index is 13.8. The Kier molecular flexibility index (Phi) is 3.23. The van der Waals surface area contributed by atoms with Crippen molar-refractivity contribution >= 4 is 28.2 Å². The lowest BCUT2D eigenvalue weighted by Gasteiger charge is -2.09. The van der Waals surface area contributed by atoms with Crippen LogP contribution in [0.2, 0.25) is 0 Å². The van der Waals surface area contributed by atoms with Gasteiger partial charge in [-0.2, -0.15) is 0 Å². The molecule has 1 heterocycles. The zero-order valence-electron chi connectivity index (χ0n) is 11.0. The number of aromatic nitrogens is 1. The van der Waals surface area contributed by atoms with Crippen LogP contribution in [0.5, 0.6) is 0 Å². The van der Waals surface area contributed by atoms with Crippen LogP contribution in [0.15, 0.2) is 54.7 Å². The highest BCUT2D eigenvalue weighted by Crippen LogP contribution is 2.24. The fraction of sp³-hybridized carbons (Fsp3) is 0. The van der Waals surface area contributed by atoms with E-state index in [2.05, 4.69) is 10.3 Å². The first-order chi connectivity index (χ1) is 10.2. The summed E-state index contributed by atoms with van der Waals surface area (Å²) < 4.78 is 13.8. The maximum Gasteiger partial charge on any atom is 0.258 e. The third-order valence-corrected chi connectivity index (χ3v) is 3.20. The Morgan fingerprint density at radius 1 is 1.10 bits per heavy atom. The van der Waals surface area contributed by atoms with Crippen molar-refractivity contribution < 1.29 is 9.18 Å². The van der Waals surface area contributed by atoms with Gasteiger partial charge in [0.2, 0.25) is 0 Å². The van der Waals surface area contributed by atoms with Gasteiger partial charge in [0.1, 0.15) is 0 Å². The van der Waals surface area contributed by atoms with Gasteiger partial charge in [-0.05, 0) is 17.5 Å². The Hall–Kier alpha value is -2.95. The normalized spacial score (nSPS) is 10.5. The molecule has 4 nitrogen and oxygen atoms in total. The van der Waals surface area contributed by atoms with Crippen LogP contribution < -0.4 is 11.1 Å². The van der Waals surface area contributed by atoms with Gasteiger partial charge in [-0.1, -0.05) is 36.4 Å². The van der Waals surface area contributed by atoms with E-state index in [-0.39, 0.29) is 11.4 Å². The van der Waals surface area contributed by atoms with Crippen molar-refractivity contribution in [1.82, 2.24) is 4.98 Å². The summed E-state index contributed by atoms with van der Waals surface area (Å²) >= 11 is 0. The number of nitrogens with zero attached hydrogens (tertiary/aromatic N) is 1. The molecule has 5 heteroatoms. The Morgan fingerprint density at radius 3 is 2.71 bits per heavy atom. The quantitative estimate of drug-likeness (QED) is 0.758. The van der Waals surface area contributed by atoms with Crippen molar-refractivity contribution in [3.8, 4) is 0 Å². The number of fused-ring (bicyclic) bond motifs is 1. The van der Waals surface area contributed by atoms with Crippen LogP contribution in [0.25, 0.3) is 10.8 Å². The third kappa shape index (κ3) is 2.41. The number of nitrogens with two attached hydrogens (primary N) is 1. The summed E-state index contributed by atoms with van der Waals surface area (Å²) in [5.41, 5.74) is 5.87. The second kappa shape index (κ2) is 5.20. The third-order valence-electron chi connectivity index (χ3n) is 3.20. The fourth-order valence-electron chi connectivity index (χ4n) is 2.16. The molecule has 1 aromatic heterocycles. The highest BCUT2D eigenvalue weighted by molar-refractivity contribution is 6.09. The van der Waals surface area contributed by atoms with Crippen molar-refractivity contribution in [3.63, 3.8) is 0 Å². The van der Waals surface area contributed by atoms with Crippen LogP contribution >= 0.6 is 0 Å². The number of nitrogen functional groups attached to an aromatic ring is 1. The summed E-state index contributed by atoms with van der Waals surface area (Å²) in [6.07, 6.45) is 1.30. The highest BCUT2D eigenvalue weighted by atomic mass is 19.1. The smallest absolute Gasteiger partial charge is 0.258 e. The molecular weight excluding hydrogens is 269 g/mol. The molecule has 0 unspecified atom stereocenters. The van der Waals surface area contributed by atoms with E-state index in [0.29, 0.717) is 5.69 Å². The van der Waals surface area contributed by atoms with Crippen molar-refractivity contribution in [3.05, 3.63) is 66.1 Å². The number of hydrogen-bond acceptors (Lipinski definition) is 3. The van der Waals surface area contributed by atoms with Crippen molar-refractivity contribution in [2.75, 3.05) is 11.1 Å². The van der Waals surface area contributed by atoms with Crippen LogP contribution in [0.1, 0.15) is 10.4 Å². The second-order valence-corrected chi connectivity index (χ2v) is 4.54. The summed E-state index contributed by atoms with van der Waals surface area (Å²) in [6.45, 7) is 0. The number of rotatable bonds is 2. The Labute approximate surface area is 120 Å². The van der Waals surface area contributed by atoms with Gasteiger partial charge in [-0.15, -0.1) is 0 Å². The van der Waals surface area contributed by atoms with E-state index in [4.69, 9.17) is 5.73 Å². The van der Waals surface area contributed by atoms with Gasteiger partial charge >= 0.3 is 0 Å². The lowest BCUT2D eigenvalue weighted by Crippen LogP contribution is -2.15. The van der Waals surface area contributed by atoms with Crippen LogP contribution in [-0.4, -0.2) is 10.9 Å². The number of anilines is 2. The van der Waals surface area contributed by atoms with E-state index in [1.54, 1.807) is 6.07 Å². The molecule has 1 amide bonds. The average molecular weight is 281 g/mol. The predicted molar refractivity (Wildman–Crippen MR) is 80.5 cm³/mol. The van der Waals surface area contributed by atoms with E-state index >= 15 is 0 Å². The number of nitrogens with one attached hydrogen (secondary N) is 1. The minimum atomic E-state index is -0.810. The minimum absolute atomic E-state index is 0.129. The topological polar surface area (TPSA) is 68.0 Å². The molecule has 3 N–H and O–H groups in total. The Bertz CT molecular complexity index is 827. The number of pyridine rings is 1. The van der Waals surface area contributed by atoms with Crippen LogP contribution in [0.4, 0.5) is 15.9 Å². The summed E-state index contributed by atoms with van der Waals surface area (Å²) in [6, 6.07) is 14.5. The Balaban J connectivity index is 1.99. The van der Waals surface area contributed by atoms with E-state index in [0.717, 1.165) is 10.8 Å². The van der Waals surface area contributed by atoms with E-state index in [1.807, 2.05) is 36.4 Å². The van der Waals surface area contributed by atoms with E-state index in [1.165, 1.54) is 12.3 Å². The number of amides is 1. The molecule has 3 aromatic rings. The first-order valence-electron chi connectivity index (χ1n) is 6.36. The number of halogens is 1. The number of carbonyl (C=O) groups is 1. The predicted octanol–water partition coefficient (Wildman–Crippen LogP) is 3.21. The summed E-state index contributed by atoms with van der Waals surface area (Å²) in [7, 11) is 0. The van der Waals surface area contributed by atoms with Crippen molar-refractivity contribution in [1.29, 1.82) is 0 Å². The molecule has 2 aromatic carbocycles.